The number of carbonyl (C=O) groups excluding carboxylic acids is 1. The fourth-order valence-corrected chi connectivity index (χ4v) is 4.03. The van der Waals surface area contributed by atoms with E-state index in [-0.39, 0.29) is 16.9 Å². The zero-order chi connectivity index (χ0) is 13.5. The van der Waals surface area contributed by atoms with Gasteiger partial charge in [0.05, 0.1) is 0 Å². The molecular weight excluding hydrogens is 228 g/mol. The summed E-state index contributed by atoms with van der Waals surface area (Å²) in [6, 6.07) is 0. The van der Waals surface area contributed by atoms with Crippen molar-refractivity contribution in [2.45, 2.75) is 46.0 Å². The molecule has 0 aromatic rings. The topological polar surface area (TPSA) is 54.4 Å². The number of fused-ring (bicyclic) bond motifs is 1. The average Bonchev–Trinajstić information content (AvgIpc) is 2.52. The van der Waals surface area contributed by atoms with Crippen LogP contribution >= 0.6 is 0 Å². The zero-order valence-corrected chi connectivity index (χ0v) is 11.2. The molecule has 2 rings (SSSR count). The van der Waals surface area contributed by atoms with Crippen LogP contribution in [0.4, 0.5) is 0 Å². The SMILES string of the molecule is C=C(C(=O)O)[C@@H]1CC[C@H](C)[C@@H]2CCC(=O)[C@]2(C)C1. The van der Waals surface area contributed by atoms with Gasteiger partial charge in [0.2, 0.25) is 0 Å². The first kappa shape index (κ1) is 13.3. The highest BCUT2D eigenvalue weighted by Crippen LogP contribution is 2.53. The summed E-state index contributed by atoms with van der Waals surface area (Å²) in [5, 5.41) is 9.10. The molecule has 2 aliphatic rings. The zero-order valence-electron chi connectivity index (χ0n) is 11.2. The van der Waals surface area contributed by atoms with Crippen LogP contribution in [0, 0.1) is 23.2 Å². The van der Waals surface area contributed by atoms with Crippen LogP contribution < -0.4 is 0 Å². The minimum absolute atomic E-state index is 0.0398. The molecule has 2 aliphatic carbocycles. The summed E-state index contributed by atoms with van der Waals surface area (Å²) in [7, 11) is 0. The smallest absolute Gasteiger partial charge is 0.331 e. The number of hydrogen-bond acceptors (Lipinski definition) is 2. The van der Waals surface area contributed by atoms with Crippen molar-refractivity contribution in [2.75, 3.05) is 0 Å². The van der Waals surface area contributed by atoms with Crippen LogP contribution in [0.3, 0.4) is 0 Å². The van der Waals surface area contributed by atoms with Gasteiger partial charge in [0.15, 0.2) is 0 Å². The molecule has 2 saturated carbocycles. The molecule has 1 N–H and O–H groups in total. The first-order valence-corrected chi connectivity index (χ1v) is 6.81. The number of rotatable bonds is 2. The molecule has 0 heterocycles. The number of hydrogen-bond donors (Lipinski definition) is 1. The number of Topliss-reactive ketones (excluding diaryl/α,β-unsaturated/α-hetero) is 1. The van der Waals surface area contributed by atoms with E-state index in [1.54, 1.807) is 0 Å². The van der Waals surface area contributed by atoms with Gasteiger partial charge in [0.25, 0.3) is 0 Å². The molecule has 0 amide bonds. The Bertz CT molecular complexity index is 399. The molecule has 0 unspecified atom stereocenters. The van der Waals surface area contributed by atoms with Gasteiger partial charge < -0.3 is 5.11 Å². The van der Waals surface area contributed by atoms with Crippen LogP contribution in [-0.4, -0.2) is 16.9 Å². The molecule has 100 valence electrons. The van der Waals surface area contributed by atoms with Gasteiger partial charge in [-0.15, -0.1) is 0 Å². The van der Waals surface area contributed by atoms with E-state index in [4.69, 9.17) is 5.11 Å². The summed E-state index contributed by atoms with van der Waals surface area (Å²) >= 11 is 0. The molecule has 3 heteroatoms. The number of carboxylic acid groups (broad SMARTS) is 1. The van der Waals surface area contributed by atoms with Crippen LogP contribution in [0.15, 0.2) is 12.2 Å². The van der Waals surface area contributed by atoms with Crippen molar-refractivity contribution in [2.24, 2.45) is 23.2 Å². The first-order valence-electron chi connectivity index (χ1n) is 6.81. The third-order valence-electron chi connectivity index (χ3n) is 5.23. The minimum Gasteiger partial charge on any atom is -0.478 e. The lowest BCUT2D eigenvalue weighted by Gasteiger charge is -2.33. The summed E-state index contributed by atoms with van der Waals surface area (Å²) in [5.74, 6) is 0.302. The maximum Gasteiger partial charge on any atom is 0.331 e. The summed E-state index contributed by atoms with van der Waals surface area (Å²) in [5.41, 5.74) is -0.0392. The summed E-state index contributed by atoms with van der Waals surface area (Å²) in [6.45, 7) is 7.94. The maximum absolute atomic E-state index is 12.2. The Balaban J connectivity index is 2.28. The minimum atomic E-state index is -0.917. The molecule has 0 aliphatic heterocycles. The van der Waals surface area contributed by atoms with Gasteiger partial charge in [-0.05, 0) is 43.4 Å². The van der Waals surface area contributed by atoms with E-state index >= 15 is 0 Å². The highest BCUT2D eigenvalue weighted by atomic mass is 16.4. The van der Waals surface area contributed by atoms with Gasteiger partial charge in [-0.25, -0.2) is 4.79 Å². The van der Waals surface area contributed by atoms with E-state index in [0.717, 1.165) is 19.3 Å². The Kier molecular flexibility index (Phi) is 3.35. The second-order valence-corrected chi connectivity index (χ2v) is 6.27. The van der Waals surface area contributed by atoms with Crippen LogP contribution in [0.2, 0.25) is 0 Å². The van der Waals surface area contributed by atoms with E-state index in [1.807, 2.05) is 6.92 Å². The lowest BCUT2D eigenvalue weighted by atomic mass is 9.70. The summed E-state index contributed by atoms with van der Waals surface area (Å²) < 4.78 is 0. The third kappa shape index (κ3) is 2.00. The van der Waals surface area contributed by atoms with Gasteiger partial charge >= 0.3 is 5.97 Å². The normalized spacial score (nSPS) is 40.1. The fourth-order valence-electron chi connectivity index (χ4n) is 4.03. The predicted molar refractivity (Wildman–Crippen MR) is 69.1 cm³/mol. The van der Waals surface area contributed by atoms with Crippen molar-refractivity contribution < 1.29 is 14.7 Å². The molecule has 0 spiro atoms. The van der Waals surface area contributed by atoms with E-state index in [1.165, 1.54) is 0 Å². The van der Waals surface area contributed by atoms with Crippen molar-refractivity contribution in [3.63, 3.8) is 0 Å². The van der Waals surface area contributed by atoms with Crippen molar-refractivity contribution in [3.8, 4) is 0 Å². The summed E-state index contributed by atoms with van der Waals surface area (Å²) in [4.78, 5) is 23.3. The number of carbonyl (C=O) groups is 2. The average molecular weight is 250 g/mol. The van der Waals surface area contributed by atoms with Gasteiger partial charge in [-0.1, -0.05) is 20.4 Å². The molecule has 0 aromatic heterocycles. The van der Waals surface area contributed by atoms with Gasteiger partial charge in [-0.3, -0.25) is 4.79 Å². The van der Waals surface area contributed by atoms with Gasteiger partial charge in [0.1, 0.15) is 5.78 Å². The van der Waals surface area contributed by atoms with Crippen molar-refractivity contribution >= 4 is 11.8 Å². The first-order chi connectivity index (χ1) is 8.36. The Labute approximate surface area is 108 Å². The molecule has 18 heavy (non-hydrogen) atoms. The van der Waals surface area contributed by atoms with Gasteiger partial charge in [0, 0.05) is 17.4 Å². The standard InChI is InChI=1S/C15H22O3/c1-9-4-5-11(10(2)14(17)18)8-15(3)12(9)6-7-13(15)16/h9,11-12H,2,4-8H2,1,3H3,(H,17,18)/t9-,11+,12-,15+/m0/s1. The lowest BCUT2D eigenvalue weighted by molar-refractivity contribution is -0.134. The third-order valence-corrected chi connectivity index (χ3v) is 5.23. The maximum atomic E-state index is 12.2. The van der Waals surface area contributed by atoms with Crippen LogP contribution in [0.1, 0.15) is 46.0 Å². The van der Waals surface area contributed by atoms with Crippen LogP contribution in [0.5, 0.6) is 0 Å². The molecular formula is C15H22O3. The molecule has 0 radical (unpaired) electrons. The van der Waals surface area contributed by atoms with E-state index in [0.29, 0.717) is 30.5 Å². The van der Waals surface area contributed by atoms with E-state index in [9.17, 15) is 9.59 Å². The largest absolute Gasteiger partial charge is 0.478 e. The highest BCUT2D eigenvalue weighted by molar-refractivity contribution is 5.88. The highest BCUT2D eigenvalue weighted by Gasteiger charge is 2.50. The Hall–Kier alpha value is -1.12. The Morgan fingerprint density at radius 1 is 1.39 bits per heavy atom. The second kappa shape index (κ2) is 4.52. The fraction of sp³-hybridized carbons (Fsp3) is 0.733. The molecule has 2 fully saturated rings. The summed E-state index contributed by atoms with van der Waals surface area (Å²) in [6.07, 6.45) is 4.17. The molecule has 0 bridgehead atoms. The molecule has 0 saturated heterocycles. The van der Waals surface area contributed by atoms with Crippen molar-refractivity contribution in [1.29, 1.82) is 0 Å². The quantitative estimate of drug-likeness (QED) is 0.766. The lowest BCUT2D eigenvalue weighted by Crippen LogP contribution is -2.33. The van der Waals surface area contributed by atoms with Crippen molar-refractivity contribution in [1.82, 2.24) is 0 Å². The number of aliphatic carboxylic acids is 1. The molecule has 3 nitrogen and oxygen atoms in total. The number of ketones is 1. The van der Waals surface area contributed by atoms with E-state index < -0.39 is 5.97 Å². The van der Waals surface area contributed by atoms with Crippen LogP contribution in [0.25, 0.3) is 0 Å². The Morgan fingerprint density at radius 3 is 2.67 bits per heavy atom. The van der Waals surface area contributed by atoms with Gasteiger partial charge in [-0.2, -0.15) is 0 Å². The van der Waals surface area contributed by atoms with E-state index in [2.05, 4.69) is 13.5 Å². The van der Waals surface area contributed by atoms with Crippen molar-refractivity contribution in [3.05, 3.63) is 12.2 Å². The Morgan fingerprint density at radius 2 is 2.06 bits per heavy atom. The second-order valence-electron chi connectivity index (χ2n) is 6.27. The predicted octanol–water partition coefficient (Wildman–Crippen LogP) is 3.05. The monoisotopic (exact) mass is 250 g/mol. The number of carboxylic acids is 1. The molecule has 0 aromatic carbocycles. The van der Waals surface area contributed by atoms with Crippen LogP contribution in [-0.2, 0) is 9.59 Å². The molecule has 4 atom stereocenters.